The molecular weight excluding hydrogens is 176 g/mol. The molecule has 1 amide bonds. The number of rotatable bonds is 2. The molecular formula is C11H12N2O. The topological polar surface area (TPSA) is 46.3 Å². The molecule has 0 spiro atoms. The van der Waals surface area contributed by atoms with Crippen LogP contribution in [0.25, 0.3) is 0 Å². The molecule has 1 fully saturated rings. The molecule has 1 aliphatic rings. The quantitative estimate of drug-likeness (QED) is 0.436. The molecule has 3 nitrogen and oxygen atoms in total. The maximum absolute atomic E-state index is 11.7. The second kappa shape index (κ2) is 3.64. The van der Waals surface area contributed by atoms with Gasteiger partial charge in [0.25, 0.3) is 5.91 Å². The van der Waals surface area contributed by atoms with Crippen LogP contribution in [-0.2, 0) is 0 Å². The highest BCUT2D eigenvalue weighted by Crippen LogP contribution is 2.27. The molecule has 1 aromatic carbocycles. The number of benzene rings is 1. The summed E-state index contributed by atoms with van der Waals surface area (Å²) in [5.74, 6) is 5.44. The number of hydrogen-bond donors (Lipinski definition) is 1. The van der Waals surface area contributed by atoms with Crippen molar-refractivity contribution in [2.75, 3.05) is 0 Å². The van der Waals surface area contributed by atoms with Crippen molar-refractivity contribution in [3.63, 3.8) is 0 Å². The third-order valence-electron chi connectivity index (χ3n) is 2.12. The molecule has 0 atom stereocenters. The molecule has 2 N–H and O–H groups in total. The second-order valence-electron chi connectivity index (χ2n) is 3.37. The SMILES string of the molecule is NN(C=C1CC1)C(=O)c1ccccc1. The molecule has 0 aliphatic heterocycles. The standard InChI is InChI=1S/C11H12N2O/c12-13(8-9-6-7-9)11(14)10-4-2-1-3-5-10/h1-5,8H,6-7,12H2. The summed E-state index contributed by atoms with van der Waals surface area (Å²) in [5.41, 5.74) is 1.85. The number of hydrazine groups is 1. The Morgan fingerprint density at radius 1 is 1.29 bits per heavy atom. The van der Waals surface area contributed by atoms with Crippen LogP contribution in [0.2, 0.25) is 0 Å². The number of nitrogens with two attached hydrogens (primary N) is 1. The molecule has 2 rings (SSSR count). The monoisotopic (exact) mass is 188 g/mol. The van der Waals surface area contributed by atoms with E-state index in [1.807, 2.05) is 18.2 Å². The number of allylic oxidation sites excluding steroid dienone is 1. The lowest BCUT2D eigenvalue weighted by atomic mass is 10.2. The zero-order valence-electron chi connectivity index (χ0n) is 7.81. The first-order valence-corrected chi connectivity index (χ1v) is 4.60. The molecule has 0 radical (unpaired) electrons. The molecule has 0 aromatic heterocycles. The fourth-order valence-corrected chi connectivity index (χ4v) is 1.19. The Balaban J connectivity index is 2.11. The lowest BCUT2D eigenvalue weighted by Gasteiger charge is -2.10. The Bertz CT molecular complexity index is 364. The van der Waals surface area contributed by atoms with Crippen molar-refractivity contribution in [3.05, 3.63) is 47.7 Å². The summed E-state index contributed by atoms with van der Waals surface area (Å²) >= 11 is 0. The Labute approximate surface area is 82.8 Å². The third kappa shape index (κ3) is 2.00. The van der Waals surface area contributed by atoms with Gasteiger partial charge in [0.05, 0.1) is 0 Å². The van der Waals surface area contributed by atoms with Gasteiger partial charge in [-0.25, -0.2) is 5.84 Å². The van der Waals surface area contributed by atoms with E-state index >= 15 is 0 Å². The molecule has 3 heteroatoms. The van der Waals surface area contributed by atoms with Crippen molar-refractivity contribution >= 4 is 5.91 Å². The first-order chi connectivity index (χ1) is 6.77. The Kier molecular flexibility index (Phi) is 2.33. The fraction of sp³-hybridized carbons (Fsp3) is 0.182. The Morgan fingerprint density at radius 3 is 2.50 bits per heavy atom. The van der Waals surface area contributed by atoms with Crippen LogP contribution >= 0.6 is 0 Å². The third-order valence-corrected chi connectivity index (χ3v) is 2.12. The van der Waals surface area contributed by atoms with Gasteiger partial charge in [-0.05, 0) is 25.0 Å². The van der Waals surface area contributed by atoms with Crippen LogP contribution in [0.15, 0.2) is 42.1 Å². The summed E-state index contributed by atoms with van der Waals surface area (Å²) in [7, 11) is 0. The highest BCUT2D eigenvalue weighted by atomic mass is 16.2. The van der Waals surface area contributed by atoms with Gasteiger partial charge in [-0.1, -0.05) is 23.8 Å². The molecule has 72 valence electrons. The number of hydrogen-bond acceptors (Lipinski definition) is 2. The summed E-state index contributed by atoms with van der Waals surface area (Å²) < 4.78 is 0. The summed E-state index contributed by atoms with van der Waals surface area (Å²) in [5, 5.41) is 1.16. The van der Waals surface area contributed by atoms with Crippen LogP contribution < -0.4 is 5.84 Å². The van der Waals surface area contributed by atoms with Crippen LogP contribution in [0.3, 0.4) is 0 Å². The normalized spacial score (nSPS) is 13.6. The van der Waals surface area contributed by atoms with E-state index < -0.39 is 0 Å². The largest absolute Gasteiger partial charge is 0.271 e. The average molecular weight is 188 g/mol. The van der Waals surface area contributed by atoms with Crippen molar-refractivity contribution in [2.24, 2.45) is 5.84 Å². The number of amides is 1. The van der Waals surface area contributed by atoms with Gasteiger partial charge >= 0.3 is 0 Å². The van der Waals surface area contributed by atoms with Crippen LogP contribution in [0, 0.1) is 0 Å². The summed E-state index contributed by atoms with van der Waals surface area (Å²) in [6.45, 7) is 0. The summed E-state index contributed by atoms with van der Waals surface area (Å²) in [4.78, 5) is 11.7. The van der Waals surface area contributed by atoms with Gasteiger partial charge in [0, 0.05) is 11.8 Å². The van der Waals surface area contributed by atoms with Crippen LogP contribution in [-0.4, -0.2) is 10.9 Å². The second-order valence-corrected chi connectivity index (χ2v) is 3.37. The molecule has 0 unspecified atom stereocenters. The molecule has 1 aliphatic carbocycles. The van der Waals surface area contributed by atoms with Crippen molar-refractivity contribution in [1.29, 1.82) is 0 Å². The first kappa shape index (κ1) is 8.97. The van der Waals surface area contributed by atoms with Crippen LogP contribution in [0.4, 0.5) is 0 Å². The van der Waals surface area contributed by atoms with Gasteiger partial charge in [0.2, 0.25) is 0 Å². The van der Waals surface area contributed by atoms with Gasteiger partial charge in [-0.2, -0.15) is 0 Å². The lowest BCUT2D eigenvalue weighted by Crippen LogP contribution is -2.32. The number of carbonyl (C=O) groups is 1. The zero-order chi connectivity index (χ0) is 9.97. The average Bonchev–Trinajstić information content (AvgIpc) is 3.02. The van der Waals surface area contributed by atoms with E-state index in [0.717, 1.165) is 17.9 Å². The molecule has 1 aromatic rings. The van der Waals surface area contributed by atoms with E-state index in [-0.39, 0.29) is 5.91 Å². The molecule has 0 bridgehead atoms. The minimum Gasteiger partial charge on any atom is -0.267 e. The zero-order valence-corrected chi connectivity index (χ0v) is 7.81. The highest BCUT2D eigenvalue weighted by molar-refractivity contribution is 5.94. The molecule has 1 saturated carbocycles. The fourth-order valence-electron chi connectivity index (χ4n) is 1.19. The maximum Gasteiger partial charge on any atom is 0.271 e. The van der Waals surface area contributed by atoms with E-state index in [0.29, 0.717) is 5.56 Å². The van der Waals surface area contributed by atoms with Gasteiger partial charge in [0.15, 0.2) is 0 Å². The number of carbonyl (C=O) groups excluding carboxylic acids is 1. The van der Waals surface area contributed by atoms with Crippen LogP contribution in [0.1, 0.15) is 23.2 Å². The minimum absolute atomic E-state index is 0.162. The molecule has 0 heterocycles. The minimum atomic E-state index is -0.162. The lowest BCUT2D eigenvalue weighted by molar-refractivity contribution is 0.0821. The van der Waals surface area contributed by atoms with Gasteiger partial charge in [-0.15, -0.1) is 0 Å². The van der Waals surface area contributed by atoms with E-state index in [1.54, 1.807) is 18.3 Å². The van der Waals surface area contributed by atoms with Crippen molar-refractivity contribution < 1.29 is 4.79 Å². The van der Waals surface area contributed by atoms with E-state index in [1.165, 1.54) is 5.57 Å². The van der Waals surface area contributed by atoms with Gasteiger partial charge in [0.1, 0.15) is 0 Å². The highest BCUT2D eigenvalue weighted by Gasteiger charge is 2.15. The predicted octanol–water partition coefficient (Wildman–Crippen LogP) is 1.68. The Hall–Kier alpha value is -1.61. The maximum atomic E-state index is 11.7. The molecule has 14 heavy (non-hydrogen) atoms. The van der Waals surface area contributed by atoms with Gasteiger partial charge in [-0.3, -0.25) is 9.80 Å². The van der Waals surface area contributed by atoms with Crippen molar-refractivity contribution in [3.8, 4) is 0 Å². The van der Waals surface area contributed by atoms with E-state index in [9.17, 15) is 4.79 Å². The smallest absolute Gasteiger partial charge is 0.267 e. The van der Waals surface area contributed by atoms with Crippen LogP contribution in [0.5, 0.6) is 0 Å². The first-order valence-electron chi connectivity index (χ1n) is 4.60. The molecule has 0 saturated heterocycles. The Morgan fingerprint density at radius 2 is 1.93 bits per heavy atom. The predicted molar refractivity (Wildman–Crippen MR) is 54.1 cm³/mol. The summed E-state index contributed by atoms with van der Waals surface area (Å²) in [6, 6.07) is 9.04. The van der Waals surface area contributed by atoms with E-state index in [4.69, 9.17) is 5.84 Å². The van der Waals surface area contributed by atoms with Crippen molar-refractivity contribution in [2.45, 2.75) is 12.8 Å². The van der Waals surface area contributed by atoms with Gasteiger partial charge < -0.3 is 0 Å². The number of nitrogens with zero attached hydrogens (tertiary/aromatic N) is 1. The van der Waals surface area contributed by atoms with Crippen molar-refractivity contribution in [1.82, 2.24) is 5.01 Å². The summed E-state index contributed by atoms with van der Waals surface area (Å²) in [6.07, 6.45) is 3.85. The van der Waals surface area contributed by atoms with E-state index in [2.05, 4.69) is 0 Å².